The summed E-state index contributed by atoms with van der Waals surface area (Å²) in [7, 11) is 0. The molecule has 0 radical (unpaired) electrons. The zero-order chi connectivity index (χ0) is 21.9. The highest BCUT2D eigenvalue weighted by atomic mass is 35.5. The van der Waals surface area contributed by atoms with Gasteiger partial charge in [-0.15, -0.1) is 12.4 Å². The Labute approximate surface area is 188 Å². The molecule has 2 aromatic rings. The van der Waals surface area contributed by atoms with E-state index in [2.05, 4.69) is 63.5 Å². The number of hydrogen-bond acceptors (Lipinski definition) is 3. The molecule has 0 aliphatic carbocycles. The summed E-state index contributed by atoms with van der Waals surface area (Å²) in [5.74, 6) is 0.643. The number of amides is 1. The highest BCUT2D eigenvalue weighted by molar-refractivity contribution is 5.88. The van der Waals surface area contributed by atoms with E-state index in [1.807, 2.05) is 39.0 Å². The Morgan fingerprint density at radius 2 is 1.57 bits per heavy atom. The Bertz CT molecular complexity index is 848. The monoisotopic (exact) mass is 434 g/mol. The van der Waals surface area contributed by atoms with E-state index in [0.29, 0.717) is 6.54 Å². The van der Waals surface area contributed by atoms with Crippen LogP contribution >= 0.6 is 12.4 Å². The minimum absolute atomic E-state index is 0. The van der Waals surface area contributed by atoms with Crippen molar-refractivity contribution in [3.05, 3.63) is 42.0 Å². The number of carbonyl (C=O) groups excluding carboxylic acids is 1. The van der Waals surface area contributed by atoms with Crippen molar-refractivity contribution in [2.75, 3.05) is 6.61 Å². The molecule has 0 bridgehead atoms. The SMILES string of the molecule is CC(C)(C)CC(C)(C)NCc1c(OCC(=O)NC(C)(C)C)ccc2ccccc12.Cl. The van der Waals surface area contributed by atoms with Crippen LogP contribution in [0.2, 0.25) is 0 Å². The average Bonchev–Trinajstić information content (AvgIpc) is 2.54. The first-order chi connectivity index (χ1) is 13.3. The fourth-order valence-electron chi connectivity index (χ4n) is 3.95. The summed E-state index contributed by atoms with van der Waals surface area (Å²) in [6.07, 6.45) is 1.05. The lowest BCUT2D eigenvalue weighted by Crippen LogP contribution is -2.43. The van der Waals surface area contributed by atoms with Crippen molar-refractivity contribution in [2.24, 2.45) is 5.41 Å². The molecule has 2 rings (SSSR count). The molecule has 0 saturated heterocycles. The standard InChI is InChI=1S/C25H38N2O2.ClH/c1-23(2,3)17-25(7,8)26-15-20-19-12-10-9-11-18(19)13-14-21(20)29-16-22(28)27-24(4,5)6;/h9-14,26H,15-17H2,1-8H3,(H,27,28);1H. The van der Waals surface area contributed by atoms with Gasteiger partial charge in [-0.1, -0.05) is 51.1 Å². The Kier molecular flexibility index (Phi) is 8.77. The summed E-state index contributed by atoms with van der Waals surface area (Å²) in [5, 5.41) is 8.98. The van der Waals surface area contributed by atoms with E-state index in [-0.39, 0.29) is 41.4 Å². The second-order valence-corrected chi connectivity index (χ2v) is 10.8. The Morgan fingerprint density at radius 3 is 2.17 bits per heavy atom. The van der Waals surface area contributed by atoms with E-state index in [1.165, 1.54) is 5.39 Å². The van der Waals surface area contributed by atoms with Crippen LogP contribution in [0.3, 0.4) is 0 Å². The maximum atomic E-state index is 12.2. The van der Waals surface area contributed by atoms with Crippen molar-refractivity contribution in [1.82, 2.24) is 10.6 Å². The third-order valence-electron chi connectivity index (χ3n) is 4.59. The van der Waals surface area contributed by atoms with E-state index in [0.717, 1.165) is 23.1 Å². The summed E-state index contributed by atoms with van der Waals surface area (Å²) in [6, 6.07) is 12.3. The van der Waals surface area contributed by atoms with Gasteiger partial charge < -0.3 is 15.4 Å². The minimum Gasteiger partial charge on any atom is -0.483 e. The molecule has 30 heavy (non-hydrogen) atoms. The molecule has 2 N–H and O–H groups in total. The van der Waals surface area contributed by atoms with Gasteiger partial charge in [0.15, 0.2) is 6.61 Å². The van der Waals surface area contributed by atoms with Crippen LogP contribution in [-0.2, 0) is 11.3 Å². The largest absolute Gasteiger partial charge is 0.483 e. The fraction of sp³-hybridized carbons (Fsp3) is 0.560. The van der Waals surface area contributed by atoms with Crippen LogP contribution in [0.1, 0.15) is 67.4 Å². The van der Waals surface area contributed by atoms with E-state index >= 15 is 0 Å². The number of carbonyl (C=O) groups is 1. The van der Waals surface area contributed by atoms with E-state index < -0.39 is 0 Å². The van der Waals surface area contributed by atoms with Crippen molar-refractivity contribution in [2.45, 2.75) is 79.4 Å². The van der Waals surface area contributed by atoms with Crippen molar-refractivity contribution in [3.63, 3.8) is 0 Å². The molecule has 0 aliphatic heterocycles. The molecule has 4 nitrogen and oxygen atoms in total. The molecule has 168 valence electrons. The lowest BCUT2D eigenvalue weighted by molar-refractivity contribution is -0.124. The number of hydrogen-bond donors (Lipinski definition) is 2. The first-order valence-electron chi connectivity index (χ1n) is 10.5. The molecule has 0 aromatic heterocycles. The summed E-state index contributed by atoms with van der Waals surface area (Å²) in [5.41, 5.74) is 1.04. The lowest BCUT2D eigenvalue weighted by atomic mass is 9.81. The molecule has 0 heterocycles. The lowest BCUT2D eigenvalue weighted by Gasteiger charge is -2.34. The quantitative estimate of drug-likeness (QED) is 0.573. The molecule has 2 aromatic carbocycles. The number of benzene rings is 2. The maximum absolute atomic E-state index is 12.2. The highest BCUT2D eigenvalue weighted by Crippen LogP contribution is 2.31. The molecular formula is C25H39ClN2O2. The highest BCUT2D eigenvalue weighted by Gasteiger charge is 2.25. The molecular weight excluding hydrogens is 396 g/mol. The van der Waals surface area contributed by atoms with Crippen molar-refractivity contribution < 1.29 is 9.53 Å². The van der Waals surface area contributed by atoms with Gasteiger partial charge in [-0.2, -0.15) is 0 Å². The van der Waals surface area contributed by atoms with Gasteiger partial charge in [-0.3, -0.25) is 4.79 Å². The number of halogens is 1. The molecule has 0 saturated carbocycles. The third-order valence-corrected chi connectivity index (χ3v) is 4.59. The van der Waals surface area contributed by atoms with Gasteiger partial charge in [-0.05, 0) is 63.3 Å². The zero-order valence-corrected chi connectivity index (χ0v) is 20.6. The van der Waals surface area contributed by atoms with Gasteiger partial charge >= 0.3 is 0 Å². The number of nitrogens with one attached hydrogen (secondary N) is 2. The van der Waals surface area contributed by atoms with E-state index in [1.54, 1.807) is 0 Å². The zero-order valence-electron chi connectivity index (χ0n) is 19.8. The number of ether oxygens (including phenoxy) is 1. The van der Waals surface area contributed by atoms with Crippen LogP contribution in [0.15, 0.2) is 36.4 Å². The fourth-order valence-corrected chi connectivity index (χ4v) is 3.95. The van der Waals surface area contributed by atoms with Crippen molar-refractivity contribution in [3.8, 4) is 5.75 Å². The summed E-state index contributed by atoms with van der Waals surface area (Å²) >= 11 is 0. The number of rotatable bonds is 7. The maximum Gasteiger partial charge on any atom is 0.258 e. The first-order valence-corrected chi connectivity index (χ1v) is 10.5. The predicted molar refractivity (Wildman–Crippen MR) is 130 cm³/mol. The van der Waals surface area contributed by atoms with Crippen molar-refractivity contribution in [1.29, 1.82) is 0 Å². The molecule has 5 heteroatoms. The van der Waals surface area contributed by atoms with Gasteiger partial charge in [0.2, 0.25) is 0 Å². The summed E-state index contributed by atoms with van der Waals surface area (Å²) in [4.78, 5) is 12.2. The molecule has 0 atom stereocenters. The summed E-state index contributed by atoms with van der Waals surface area (Å²) in [6.45, 7) is 17.8. The molecule has 0 aliphatic rings. The van der Waals surface area contributed by atoms with Gasteiger partial charge in [-0.25, -0.2) is 0 Å². The van der Waals surface area contributed by atoms with Gasteiger partial charge in [0.1, 0.15) is 5.75 Å². The molecule has 1 amide bonds. The van der Waals surface area contributed by atoms with E-state index in [9.17, 15) is 4.79 Å². The van der Waals surface area contributed by atoms with Crippen LogP contribution < -0.4 is 15.4 Å². The second kappa shape index (κ2) is 10.0. The molecule has 0 spiro atoms. The third kappa shape index (κ3) is 8.53. The van der Waals surface area contributed by atoms with Gasteiger partial charge in [0.05, 0.1) is 0 Å². The van der Waals surface area contributed by atoms with Crippen LogP contribution in [-0.4, -0.2) is 23.6 Å². The van der Waals surface area contributed by atoms with Crippen LogP contribution in [0.5, 0.6) is 5.75 Å². The van der Waals surface area contributed by atoms with Crippen LogP contribution in [0, 0.1) is 5.41 Å². The van der Waals surface area contributed by atoms with Crippen LogP contribution in [0.25, 0.3) is 10.8 Å². The predicted octanol–water partition coefficient (Wildman–Crippen LogP) is 5.86. The van der Waals surface area contributed by atoms with Gasteiger partial charge in [0.25, 0.3) is 5.91 Å². The Morgan fingerprint density at radius 1 is 0.933 bits per heavy atom. The Balaban J connectivity index is 0.00000450. The smallest absolute Gasteiger partial charge is 0.258 e. The van der Waals surface area contributed by atoms with Crippen molar-refractivity contribution >= 4 is 29.1 Å². The molecule has 0 fully saturated rings. The number of fused-ring (bicyclic) bond motifs is 1. The minimum atomic E-state index is -0.273. The van der Waals surface area contributed by atoms with E-state index in [4.69, 9.17) is 4.74 Å². The second-order valence-electron chi connectivity index (χ2n) is 10.8. The Hall–Kier alpha value is -1.78. The normalized spacial score (nSPS) is 12.4. The summed E-state index contributed by atoms with van der Waals surface area (Å²) < 4.78 is 5.97. The van der Waals surface area contributed by atoms with Crippen LogP contribution in [0.4, 0.5) is 0 Å². The molecule has 0 unspecified atom stereocenters. The average molecular weight is 435 g/mol. The van der Waals surface area contributed by atoms with Gasteiger partial charge in [0, 0.05) is 23.2 Å². The topological polar surface area (TPSA) is 50.4 Å². The first kappa shape index (κ1) is 26.3.